The number of benzene rings is 2. The molecule has 184 valence electrons. The van der Waals surface area contributed by atoms with Gasteiger partial charge in [0, 0.05) is 18.8 Å². The molecule has 8 heteroatoms. The molecule has 0 saturated carbocycles. The Labute approximate surface area is 202 Å². The number of nitrogens with one attached hydrogen (secondary N) is 1. The van der Waals surface area contributed by atoms with Gasteiger partial charge in [-0.2, -0.15) is 0 Å². The number of hydrogen-bond donors (Lipinski definition) is 1. The Morgan fingerprint density at radius 1 is 1.06 bits per heavy atom. The smallest absolute Gasteiger partial charge is 0.338 e. The van der Waals surface area contributed by atoms with E-state index in [1.165, 1.54) is 4.31 Å². The van der Waals surface area contributed by atoms with Crippen molar-refractivity contribution in [3.63, 3.8) is 0 Å². The highest BCUT2D eigenvalue weighted by atomic mass is 32.2. The Morgan fingerprint density at radius 3 is 2.50 bits per heavy atom. The number of hydrogen-bond acceptors (Lipinski definition) is 5. The van der Waals surface area contributed by atoms with Gasteiger partial charge in [-0.3, -0.25) is 4.79 Å². The van der Waals surface area contributed by atoms with Crippen LogP contribution in [0.3, 0.4) is 0 Å². The van der Waals surface area contributed by atoms with Crippen LogP contribution < -0.4 is 5.32 Å². The third kappa shape index (κ3) is 7.67. The van der Waals surface area contributed by atoms with Crippen molar-refractivity contribution in [2.45, 2.75) is 45.4 Å². The van der Waals surface area contributed by atoms with Crippen LogP contribution in [0, 0.1) is 5.92 Å². The number of carbonyl (C=O) groups excluding carboxylic acids is 2. The lowest BCUT2D eigenvalue weighted by molar-refractivity contribution is -0.120. The summed E-state index contributed by atoms with van der Waals surface area (Å²) in [6, 6.07) is 16.4. The quantitative estimate of drug-likeness (QED) is 0.378. The van der Waals surface area contributed by atoms with E-state index in [1.807, 2.05) is 37.3 Å². The zero-order chi connectivity index (χ0) is 24.4. The van der Waals surface area contributed by atoms with E-state index in [1.54, 1.807) is 24.3 Å². The summed E-state index contributed by atoms with van der Waals surface area (Å²) in [6.45, 7) is 3.06. The lowest BCUT2D eigenvalue weighted by Gasteiger charge is -2.31. The van der Waals surface area contributed by atoms with Gasteiger partial charge >= 0.3 is 5.97 Å². The highest BCUT2D eigenvalue weighted by Crippen LogP contribution is 2.22. The van der Waals surface area contributed by atoms with Crippen molar-refractivity contribution in [1.82, 2.24) is 4.31 Å². The SMILES string of the molecule is CCCCOC(=O)c1ccc(NC(=O)C2CCCN(S(=O)(=O)CCCc3ccccc3)C2)cc1. The predicted molar refractivity (Wildman–Crippen MR) is 133 cm³/mol. The number of esters is 1. The molecule has 1 atom stereocenters. The van der Waals surface area contributed by atoms with Crippen LogP contribution in [-0.4, -0.2) is 50.0 Å². The minimum atomic E-state index is -3.42. The topological polar surface area (TPSA) is 92.8 Å². The maximum absolute atomic E-state index is 12.8. The maximum atomic E-state index is 12.8. The van der Waals surface area contributed by atoms with E-state index in [0.717, 1.165) is 18.4 Å². The zero-order valence-corrected chi connectivity index (χ0v) is 20.6. The predicted octanol–water partition coefficient (Wildman–Crippen LogP) is 4.26. The molecule has 3 rings (SSSR count). The second-order valence-corrected chi connectivity index (χ2v) is 10.7. The van der Waals surface area contributed by atoms with Gasteiger partial charge in [-0.25, -0.2) is 17.5 Å². The van der Waals surface area contributed by atoms with E-state index < -0.39 is 15.9 Å². The first-order valence-corrected chi connectivity index (χ1v) is 13.6. The molecule has 7 nitrogen and oxygen atoms in total. The molecule has 34 heavy (non-hydrogen) atoms. The summed E-state index contributed by atoms with van der Waals surface area (Å²) >= 11 is 0. The molecule has 2 aromatic carbocycles. The summed E-state index contributed by atoms with van der Waals surface area (Å²) in [6.07, 6.45) is 4.32. The van der Waals surface area contributed by atoms with Gasteiger partial charge in [-0.1, -0.05) is 43.7 Å². The fourth-order valence-electron chi connectivity index (χ4n) is 3.97. The van der Waals surface area contributed by atoms with Gasteiger partial charge in [-0.05, 0) is 61.9 Å². The third-order valence-electron chi connectivity index (χ3n) is 5.98. The largest absolute Gasteiger partial charge is 0.462 e. The summed E-state index contributed by atoms with van der Waals surface area (Å²) < 4.78 is 32.3. The Morgan fingerprint density at radius 2 is 1.79 bits per heavy atom. The lowest BCUT2D eigenvalue weighted by atomic mass is 9.98. The molecule has 1 amide bonds. The fraction of sp³-hybridized carbons (Fsp3) is 0.462. The van der Waals surface area contributed by atoms with Crippen LogP contribution in [0.4, 0.5) is 5.69 Å². The van der Waals surface area contributed by atoms with E-state index in [9.17, 15) is 18.0 Å². The van der Waals surface area contributed by atoms with Crippen LogP contribution in [0.5, 0.6) is 0 Å². The Hall–Kier alpha value is -2.71. The number of ether oxygens (including phenoxy) is 1. The molecular weight excluding hydrogens is 452 g/mol. The van der Waals surface area contributed by atoms with E-state index in [2.05, 4.69) is 5.32 Å². The minimum Gasteiger partial charge on any atom is -0.462 e. The highest BCUT2D eigenvalue weighted by Gasteiger charge is 2.32. The zero-order valence-electron chi connectivity index (χ0n) is 19.7. The van der Waals surface area contributed by atoms with Crippen molar-refractivity contribution in [3.8, 4) is 0 Å². The molecule has 1 N–H and O–H groups in total. The molecule has 0 radical (unpaired) electrons. The lowest BCUT2D eigenvalue weighted by Crippen LogP contribution is -2.44. The van der Waals surface area contributed by atoms with Gasteiger partial charge in [0.25, 0.3) is 0 Å². The number of unbranched alkanes of at least 4 members (excludes halogenated alkanes) is 1. The average molecular weight is 487 g/mol. The number of aryl methyl sites for hydroxylation is 1. The molecule has 1 saturated heterocycles. The van der Waals surface area contributed by atoms with Crippen LogP contribution in [0.1, 0.15) is 54.9 Å². The number of rotatable bonds is 11. The molecule has 1 fully saturated rings. The molecule has 2 aromatic rings. The molecule has 1 unspecified atom stereocenters. The van der Waals surface area contributed by atoms with Gasteiger partial charge in [0.2, 0.25) is 15.9 Å². The average Bonchev–Trinajstić information content (AvgIpc) is 2.85. The molecule has 0 spiro atoms. The second-order valence-electron chi connectivity index (χ2n) is 8.66. The van der Waals surface area contributed by atoms with Crippen LogP contribution in [0.15, 0.2) is 54.6 Å². The molecule has 0 aromatic heterocycles. The number of sulfonamides is 1. The number of piperidine rings is 1. The van der Waals surface area contributed by atoms with Crippen molar-refractivity contribution >= 4 is 27.6 Å². The number of carbonyl (C=O) groups is 2. The number of nitrogens with zero attached hydrogens (tertiary/aromatic N) is 1. The first-order chi connectivity index (χ1) is 16.4. The monoisotopic (exact) mass is 486 g/mol. The standard InChI is InChI=1S/C26H34N2O5S/c1-2-3-18-33-26(30)22-13-15-24(16-14-22)27-25(29)23-12-7-17-28(20-23)34(31,32)19-8-11-21-9-5-4-6-10-21/h4-6,9-10,13-16,23H,2-3,7-8,11-12,17-20H2,1H3,(H,27,29). The maximum Gasteiger partial charge on any atom is 0.338 e. The van der Waals surface area contributed by atoms with E-state index in [0.29, 0.717) is 50.1 Å². The molecule has 1 heterocycles. The molecule has 0 bridgehead atoms. The summed E-state index contributed by atoms with van der Waals surface area (Å²) in [5.74, 6) is -0.919. The molecule has 0 aliphatic carbocycles. The molecular formula is C26H34N2O5S. The van der Waals surface area contributed by atoms with Crippen LogP contribution >= 0.6 is 0 Å². The van der Waals surface area contributed by atoms with E-state index in [4.69, 9.17) is 4.74 Å². The normalized spacial score (nSPS) is 16.7. The van der Waals surface area contributed by atoms with Crippen LogP contribution in [0.25, 0.3) is 0 Å². The van der Waals surface area contributed by atoms with Crippen LogP contribution in [0.2, 0.25) is 0 Å². The van der Waals surface area contributed by atoms with Gasteiger partial charge < -0.3 is 10.1 Å². The van der Waals surface area contributed by atoms with E-state index in [-0.39, 0.29) is 24.2 Å². The van der Waals surface area contributed by atoms with Crippen molar-refractivity contribution in [2.75, 3.05) is 30.8 Å². The highest BCUT2D eigenvalue weighted by molar-refractivity contribution is 7.89. The van der Waals surface area contributed by atoms with Crippen molar-refractivity contribution in [1.29, 1.82) is 0 Å². The van der Waals surface area contributed by atoms with Gasteiger partial charge in [-0.15, -0.1) is 0 Å². The Kier molecular flexibility index (Phi) is 9.65. The van der Waals surface area contributed by atoms with E-state index >= 15 is 0 Å². The summed E-state index contributed by atoms with van der Waals surface area (Å²) in [5.41, 5.74) is 2.12. The fourth-order valence-corrected chi connectivity index (χ4v) is 5.55. The second kappa shape index (κ2) is 12.7. The third-order valence-corrected chi connectivity index (χ3v) is 7.90. The molecule has 1 aliphatic heterocycles. The van der Waals surface area contributed by atoms with Gasteiger partial charge in [0.15, 0.2) is 0 Å². The first-order valence-electron chi connectivity index (χ1n) is 12.0. The summed E-state index contributed by atoms with van der Waals surface area (Å²) in [4.78, 5) is 24.8. The van der Waals surface area contributed by atoms with Crippen molar-refractivity contribution in [2.24, 2.45) is 5.92 Å². The minimum absolute atomic E-state index is 0.0754. The molecule has 1 aliphatic rings. The summed E-state index contributed by atoms with van der Waals surface area (Å²) in [7, 11) is -3.42. The summed E-state index contributed by atoms with van der Waals surface area (Å²) in [5, 5.41) is 2.85. The number of amides is 1. The number of anilines is 1. The Bertz CT molecular complexity index is 1040. The Balaban J connectivity index is 1.50. The van der Waals surface area contributed by atoms with Gasteiger partial charge in [0.1, 0.15) is 0 Å². The van der Waals surface area contributed by atoms with Crippen molar-refractivity contribution < 1.29 is 22.7 Å². The van der Waals surface area contributed by atoms with Gasteiger partial charge in [0.05, 0.1) is 23.8 Å². The first kappa shape index (κ1) is 25.9. The van der Waals surface area contributed by atoms with Crippen molar-refractivity contribution in [3.05, 3.63) is 65.7 Å². The van der Waals surface area contributed by atoms with Crippen LogP contribution in [-0.2, 0) is 26.0 Å².